The fraction of sp³-hybridized carbons (Fsp3) is 0.917. The molecule has 0 aromatic carbocycles. The molecule has 0 unspecified atom stereocenters. The molecule has 1 rings (SSSR count). The Hall–Kier alpha value is -0.610. The van der Waals surface area contributed by atoms with Crippen LogP contribution in [-0.4, -0.2) is 63.2 Å². The molecule has 1 aliphatic heterocycles. The van der Waals surface area contributed by atoms with Crippen LogP contribution in [0.5, 0.6) is 0 Å². The van der Waals surface area contributed by atoms with Crippen molar-refractivity contribution in [3.8, 4) is 0 Å². The molecule has 0 spiro atoms. The fourth-order valence-electron chi connectivity index (χ4n) is 1.92. The fourth-order valence-corrected chi connectivity index (χ4v) is 1.92. The van der Waals surface area contributed by atoms with Gasteiger partial charge in [-0.15, -0.1) is 0 Å². The maximum Gasteiger partial charge on any atom is 0.309 e. The molecule has 4 nitrogen and oxygen atoms in total. The van der Waals surface area contributed by atoms with E-state index in [1.807, 2.05) is 14.1 Å². The molecule has 16 heavy (non-hydrogen) atoms. The molecule has 0 radical (unpaired) electrons. The van der Waals surface area contributed by atoms with E-state index in [0.29, 0.717) is 6.61 Å². The maximum atomic E-state index is 11.7. The van der Waals surface area contributed by atoms with Crippen LogP contribution in [0.4, 0.5) is 0 Å². The Morgan fingerprint density at radius 3 is 2.56 bits per heavy atom. The summed E-state index contributed by atoms with van der Waals surface area (Å²) < 4.78 is 5.28. The highest BCUT2D eigenvalue weighted by Gasteiger charge is 2.24. The van der Waals surface area contributed by atoms with E-state index in [9.17, 15) is 4.79 Å². The van der Waals surface area contributed by atoms with Gasteiger partial charge in [-0.2, -0.15) is 0 Å². The zero-order valence-electron chi connectivity index (χ0n) is 10.7. The van der Waals surface area contributed by atoms with E-state index >= 15 is 0 Å². The second kappa shape index (κ2) is 6.86. The largest absolute Gasteiger partial charge is 0.465 e. The van der Waals surface area contributed by atoms with Gasteiger partial charge in [0.15, 0.2) is 0 Å². The number of ether oxygens (including phenoxy) is 1. The van der Waals surface area contributed by atoms with E-state index in [1.165, 1.54) is 0 Å². The molecular weight excluding hydrogens is 204 g/mol. The molecule has 0 aromatic rings. The molecule has 1 heterocycles. The molecule has 0 bridgehead atoms. The summed E-state index contributed by atoms with van der Waals surface area (Å²) in [5.74, 6) is 0.141. The van der Waals surface area contributed by atoms with Crippen molar-refractivity contribution in [1.82, 2.24) is 9.80 Å². The first-order valence-corrected chi connectivity index (χ1v) is 6.09. The first-order valence-electron chi connectivity index (χ1n) is 6.09. The normalized spacial score (nSPS) is 19.0. The van der Waals surface area contributed by atoms with E-state index in [1.54, 1.807) is 0 Å². The minimum atomic E-state index is 0.00635. The Labute approximate surface area is 98.5 Å². The van der Waals surface area contributed by atoms with E-state index < -0.39 is 0 Å². The Balaban J connectivity index is 2.10. The highest BCUT2D eigenvalue weighted by molar-refractivity contribution is 5.72. The van der Waals surface area contributed by atoms with Crippen LogP contribution >= 0.6 is 0 Å². The van der Waals surface area contributed by atoms with E-state index in [2.05, 4.69) is 16.8 Å². The number of carbonyl (C=O) groups is 1. The van der Waals surface area contributed by atoms with Crippen molar-refractivity contribution in [3.63, 3.8) is 0 Å². The first-order chi connectivity index (χ1) is 7.59. The molecule has 94 valence electrons. The maximum absolute atomic E-state index is 11.7. The lowest BCUT2D eigenvalue weighted by Gasteiger charge is -2.27. The lowest BCUT2D eigenvalue weighted by atomic mass is 9.97. The summed E-state index contributed by atoms with van der Waals surface area (Å²) in [7, 11) is 6.15. The summed E-state index contributed by atoms with van der Waals surface area (Å²) in [6.45, 7) is 3.55. The van der Waals surface area contributed by atoms with Crippen LogP contribution in [0.2, 0.25) is 0 Å². The van der Waals surface area contributed by atoms with Gasteiger partial charge in [0.25, 0.3) is 0 Å². The number of carbonyl (C=O) groups excluding carboxylic acids is 1. The van der Waals surface area contributed by atoms with Crippen molar-refractivity contribution in [2.75, 3.05) is 47.4 Å². The first kappa shape index (κ1) is 13.5. The summed E-state index contributed by atoms with van der Waals surface area (Å²) in [5.41, 5.74) is 0. The van der Waals surface area contributed by atoms with Crippen LogP contribution in [0.3, 0.4) is 0 Å². The van der Waals surface area contributed by atoms with Gasteiger partial charge in [-0.25, -0.2) is 0 Å². The van der Waals surface area contributed by atoms with Gasteiger partial charge in [-0.1, -0.05) is 0 Å². The molecule has 0 aromatic heterocycles. The molecule has 1 fully saturated rings. The third kappa shape index (κ3) is 4.94. The second-order valence-electron chi connectivity index (χ2n) is 4.90. The van der Waals surface area contributed by atoms with Gasteiger partial charge in [0.05, 0.1) is 12.5 Å². The van der Waals surface area contributed by atoms with Gasteiger partial charge < -0.3 is 14.5 Å². The van der Waals surface area contributed by atoms with Crippen LogP contribution in [0.1, 0.15) is 19.3 Å². The minimum Gasteiger partial charge on any atom is -0.465 e. The quantitative estimate of drug-likeness (QED) is 0.515. The number of piperidine rings is 1. The average Bonchev–Trinajstić information content (AvgIpc) is 2.25. The van der Waals surface area contributed by atoms with Crippen molar-refractivity contribution in [1.29, 1.82) is 0 Å². The molecule has 4 heteroatoms. The number of hydrogen-bond acceptors (Lipinski definition) is 4. The highest BCUT2D eigenvalue weighted by Crippen LogP contribution is 2.17. The topological polar surface area (TPSA) is 32.8 Å². The van der Waals surface area contributed by atoms with Crippen LogP contribution in [0, 0.1) is 5.92 Å². The summed E-state index contributed by atoms with van der Waals surface area (Å²) in [5, 5.41) is 0. The van der Waals surface area contributed by atoms with Gasteiger partial charge in [0.2, 0.25) is 0 Å². The lowest BCUT2D eigenvalue weighted by molar-refractivity contribution is -0.150. The molecule has 1 saturated heterocycles. The zero-order chi connectivity index (χ0) is 12.0. The lowest BCUT2D eigenvalue weighted by Crippen LogP contribution is -2.34. The number of nitrogens with zero attached hydrogens (tertiary/aromatic N) is 2. The van der Waals surface area contributed by atoms with Crippen LogP contribution < -0.4 is 0 Å². The van der Waals surface area contributed by atoms with E-state index in [0.717, 1.165) is 38.9 Å². The molecule has 0 aliphatic carbocycles. The van der Waals surface area contributed by atoms with Crippen LogP contribution in [-0.2, 0) is 9.53 Å². The highest BCUT2D eigenvalue weighted by atomic mass is 16.5. The predicted octanol–water partition coefficient (Wildman–Crippen LogP) is 0.823. The van der Waals surface area contributed by atoms with Gasteiger partial charge in [-0.3, -0.25) is 4.79 Å². The van der Waals surface area contributed by atoms with Crippen molar-refractivity contribution < 1.29 is 9.53 Å². The summed E-state index contributed by atoms with van der Waals surface area (Å²) >= 11 is 0. The Bertz CT molecular complexity index is 211. The predicted molar refractivity (Wildman–Crippen MR) is 64.4 cm³/mol. The smallest absolute Gasteiger partial charge is 0.309 e. The van der Waals surface area contributed by atoms with Gasteiger partial charge in [0, 0.05) is 6.54 Å². The molecule has 0 saturated carbocycles. The standard InChI is InChI=1S/C12H24N2O2/c1-13(2)7-4-10-16-12(15)11-5-8-14(3)9-6-11/h11H,4-10H2,1-3H3. The zero-order valence-corrected chi connectivity index (χ0v) is 10.7. The van der Waals surface area contributed by atoms with Crippen LogP contribution in [0.15, 0.2) is 0 Å². The molecule has 0 amide bonds. The van der Waals surface area contributed by atoms with E-state index in [-0.39, 0.29) is 11.9 Å². The third-order valence-electron chi connectivity index (χ3n) is 3.05. The SMILES string of the molecule is CN(C)CCCOC(=O)C1CCN(C)CC1. The van der Waals surface area contributed by atoms with Crippen molar-refractivity contribution in [2.45, 2.75) is 19.3 Å². The molecule has 0 atom stereocenters. The Morgan fingerprint density at radius 2 is 2.00 bits per heavy atom. The third-order valence-corrected chi connectivity index (χ3v) is 3.05. The van der Waals surface area contributed by atoms with Crippen molar-refractivity contribution >= 4 is 5.97 Å². The summed E-state index contributed by atoms with van der Waals surface area (Å²) in [6, 6.07) is 0. The van der Waals surface area contributed by atoms with Crippen molar-refractivity contribution in [3.05, 3.63) is 0 Å². The van der Waals surface area contributed by atoms with Crippen LogP contribution in [0.25, 0.3) is 0 Å². The summed E-state index contributed by atoms with van der Waals surface area (Å²) in [4.78, 5) is 16.1. The Morgan fingerprint density at radius 1 is 1.38 bits per heavy atom. The van der Waals surface area contributed by atoms with Gasteiger partial charge >= 0.3 is 5.97 Å². The number of hydrogen-bond donors (Lipinski definition) is 0. The molecule has 0 N–H and O–H groups in total. The van der Waals surface area contributed by atoms with Crippen molar-refractivity contribution in [2.24, 2.45) is 5.92 Å². The number of likely N-dealkylation sites (tertiary alicyclic amines) is 1. The number of esters is 1. The second-order valence-corrected chi connectivity index (χ2v) is 4.90. The monoisotopic (exact) mass is 228 g/mol. The Kier molecular flexibility index (Phi) is 5.77. The average molecular weight is 228 g/mol. The number of rotatable bonds is 5. The molecule has 1 aliphatic rings. The minimum absolute atomic E-state index is 0.00635. The van der Waals surface area contributed by atoms with Gasteiger partial charge in [0.1, 0.15) is 0 Å². The van der Waals surface area contributed by atoms with Gasteiger partial charge in [-0.05, 0) is 53.5 Å². The molecular formula is C12H24N2O2. The van der Waals surface area contributed by atoms with E-state index in [4.69, 9.17) is 4.74 Å². The summed E-state index contributed by atoms with van der Waals surface area (Å²) in [6.07, 6.45) is 2.82.